The van der Waals surface area contributed by atoms with Crippen LogP contribution >= 0.6 is 0 Å². The van der Waals surface area contributed by atoms with Gasteiger partial charge in [0, 0.05) is 18.8 Å². The second-order valence-electron chi connectivity index (χ2n) is 3.73. The third-order valence-corrected chi connectivity index (χ3v) is 3.22. The van der Waals surface area contributed by atoms with Crippen LogP contribution in [0, 0.1) is 0 Å². The zero-order valence-corrected chi connectivity index (χ0v) is 11.0. The van der Waals surface area contributed by atoms with Crippen molar-refractivity contribution in [3.05, 3.63) is 29.8 Å². The molecule has 0 aromatic heterocycles. The van der Waals surface area contributed by atoms with Crippen molar-refractivity contribution in [2.45, 2.75) is 19.9 Å². The van der Waals surface area contributed by atoms with E-state index in [0.717, 1.165) is 18.5 Å². The van der Waals surface area contributed by atoms with Crippen molar-refractivity contribution in [1.29, 1.82) is 0 Å². The Kier molecular flexibility index (Phi) is 5.40. The van der Waals surface area contributed by atoms with Crippen LogP contribution in [-0.2, 0) is 16.8 Å². The Morgan fingerprint density at radius 2 is 1.82 bits per heavy atom. The summed E-state index contributed by atoms with van der Waals surface area (Å²) < 4.78 is 28.0. The molecule has 1 aromatic rings. The van der Waals surface area contributed by atoms with Crippen molar-refractivity contribution in [2.24, 2.45) is 0 Å². The van der Waals surface area contributed by atoms with Crippen LogP contribution in [0.2, 0.25) is 0 Å². The van der Waals surface area contributed by atoms with Gasteiger partial charge in [-0.05, 0) is 31.2 Å². The van der Waals surface area contributed by atoms with Crippen molar-refractivity contribution in [1.82, 2.24) is 10.0 Å². The lowest BCUT2D eigenvalue weighted by molar-refractivity contribution is 0.586. The molecular weight excluding hydrogens is 238 g/mol. The second-order valence-corrected chi connectivity index (χ2v) is 5.23. The molecule has 5 nitrogen and oxygen atoms in total. The van der Waals surface area contributed by atoms with Crippen LogP contribution in [0.1, 0.15) is 18.9 Å². The highest BCUT2D eigenvalue weighted by Gasteiger charge is 2.07. The number of hydrogen-bond acceptors (Lipinski definition) is 3. The van der Waals surface area contributed by atoms with Gasteiger partial charge in [0.25, 0.3) is 10.2 Å². The van der Waals surface area contributed by atoms with Gasteiger partial charge in [0.05, 0.1) is 0 Å². The maximum Gasteiger partial charge on any atom is 0.299 e. The summed E-state index contributed by atoms with van der Waals surface area (Å²) in [7, 11) is -1.57. The molecule has 0 aliphatic carbocycles. The van der Waals surface area contributed by atoms with E-state index in [4.69, 9.17) is 0 Å². The molecule has 96 valence electrons. The van der Waals surface area contributed by atoms with E-state index in [1.54, 1.807) is 12.1 Å². The molecule has 0 aliphatic heterocycles. The van der Waals surface area contributed by atoms with Crippen molar-refractivity contribution < 1.29 is 8.42 Å². The third-order valence-electron chi connectivity index (χ3n) is 2.13. The van der Waals surface area contributed by atoms with Gasteiger partial charge in [0.2, 0.25) is 0 Å². The molecule has 0 saturated carbocycles. The fourth-order valence-electron chi connectivity index (χ4n) is 1.32. The predicted octanol–water partition coefficient (Wildman–Crippen LogP) is 1.06. The first-order valence-corrected chi connectivity index (χ1v) is 7.06. The molecule has 17 heavy (non-hydrogen) atoms. The molecule has 0 fully saturated rings. The van der Waals surface area contributed by atoms with E-state index in [0.29, 0.717) is 12.2 Å². The topological polar surface area (TPSA) is 70.2 Å². The summed E-state index contributed by atoms with van der Waals surface area (Å²) in [5, 5.41) is 3.03. The van der Waals surface area contributed by atoms with E-state index >= 15 is 0 Å². The van der Waals surface area contributed by atoms with Crippen LogP contribution in [-0.4, -0.2) is 22.0 Å². The van der Waals surface area contributed by atoms with E-state index in [1.807, 2.05) is 26.1 Å². The van der Waals surface area contributed by atoms with Gasteiger partial charge in [0.1, 0.15) is 0 Å². The molecule has 0 unspecified atom stereocenters. The van der Waals surface area contributed by atoms with Crippen LogP contribution < -0.4 is 14.8 Å². The van der Waals surface area contributed by atoms with Crippen molar-refractivity contribution in [3.8, 4) is 0 Å². The molecule has 0 spiro atoms. The molecule has 3 N–H and O–H groups in total. The zero-order chi connectivity index (χ0) is 12.7. The Morgan fingerprint density at radius 1 is 1.18 bits per heavy atom. The summed E-state index contributed by atoms with van der Waals surface area (Å²) in [5.41, 5.74) is 1.67. The Bertz CT molecular complexity index is 429. The predicted molar refractivity (Wildman–Crippen MR) is 70.0 cm³/mol. The van der Waals surface area contributed by atoms with Gasteiger partial charge >= 0.3 is 0 Å². The van der Waals surface area contributed by atoms with Gasteiger partial charge in [-0.3, -0.25) is 4.72 Å². The summed E-state index contributed by atoms with van der Waals surface area (Å²) in [6.45, 7) is 3.11. The van der Waals surface area contributed by atoms with Gasteiger partial charge in [0.15, 0.2) is 0 Å². The van der Waals surface area contributed by atoms with Gasteiger partial charge in [-0.2, -0.15) is 13.1 Å². The first-order valence-electron chi connectivity index (χ1n) is 5.58. The number of rotatable bonds is 7. The van der Waals surface area contributed by atoms with Crippen LogP contribution in [0.3, 0.4) is 0 Å². The van der Waals surface area contributed by atoms with Gasteiger partial charge in [-0.25, -0.2) is 0 Å². The lowest BCUT2D eigenvalue weighted by Crippen LogP contribution is -2.30. The Hall–Kier alpha value is -1.11. The quantitative estimate of drug-likeness (QED) is 0.684. The van der Waals surface area contributed by atoms with E-state index in [-0.39, 0.29) is 0 Å². The highest BCUT2D eigenvalue weighted by molar-refractivity contribution is 7.90. The van der Waals surface area contributed by atoms with Gasteiger partial charge in [-0.1, -0.05) is 19.1 Å². The standard InChI is InChI=1S/C11H19N3O2S/c1-3-8-13-17(15,16)14-11-6-4-10(5-7-11)9-12-2/h4-7,12-14H,3,8-9H2,1-2H3. The number of benzene rings is 1. The lowest BCUT2D eigenvalue weighted by atomic mass is 10.2. The molecule has 1 aromatic carbocycles. The maximum absolute atomic E-state index is 11.5. The first-order chi connectivity index (χ1) is 8.07. The smallest absolute Gasteiger partial charge is 0.299 e. The van der Waals surface area contributed by atoms with E-state index in [9.17, 15) is 8.42 Å². The third kappa shape index (κ3) is 5.16. The Labute approximate surface area is 103 Å². The average Bonchev–Trinajstić information content (AvgIpc) is 2.29. The van der Waals surface area contributed by atoms with Gasteiger partial charge < -0.3 is 5.32 Å². The summed E-state index contributed by atoms with van der Waals surface area (Å²) in [5.74, 6) is 0. The highest BCUT2D eigenvalue weighted by Crippen LogP contribution is 2.10. The Balaban J connectivity index is 2.62. The van der Waals surface area contributed by atoms with E-state index < -0.39 is 10.2 Å². The first kappa shape index (κ1) is 14.0. The van der Waals surface area contributed by atoms with Crippen molar-refractivity contribution >= 4 is 15.9 Å². The molecule has 0 heterocycles. The normalized spacial score (nSPS) is 11.4. The molecule has 1 rings (SSSR count). The summed E-state index contributed by atoms with van der Waals surface area (Å²) in [6, 6.07) is 7.26. The Morgan fingerprint density at radius 3 is 2.35 bits per heavy atom. The summed E-state index contributed by atoms with van der Waals surface area (Å²) in [4.78, 5) is 0. The fraction of sp³-hybridized carbons (Fsp3) is 0.455. The van der Waals surface area contributed by atoms with Crippen LogP contribution in [0.25, 0.3) is 0 Å². The van der Waals surface area contributed by atoms with Gasteiger partial charge in [-0.15, -0.1) is 0 Å². The van der Waals surface area contributed by atoms with E-state index in [2.05, 4.69) is 14.8 Å². The molecule has 0 saturated heterocycles. The van der Waals surface area contributed by atoms with Crippen LogP contribution in [0.15, 0.2) is 24.3 Å². The minimum absolute atomic E-state index is 0.438. The largest absolute Gasteiger partial charge is 0.316 e. The molecule has 0 bridgehead atoms. The zero-order valence-electron chi connectivity index (χ0n) is 10.2. The summed E-state index contributed by atoms with van der Waals surface area (Å²) in [6.07, 6.45) is 0.766. The fourth-order valence-corrected chi connectivity index (χ4v) is 2.31. The SMILES string of the molecule is CCCNS(=O)(=O)Nc1ccc(CNC)cc1. The number of anilines is 1. The molecule has 0 radical (unpaired) electrons. The summed E-state index contributed by atoms with van der Waals surface area (Å²) >= 11 is 0. The lowest BCUT2D eigenvalue weighted by Gasteiger charge is -2.09. The molecule has 0 atom stereocenters. The number of hydrogen-bond donors (Lipinski definition) is 3. The molecule has 0 aliphatic rings. The highest BCUT2D eigenvalue weighted by atomic mass is 32.2. The number of nitrogens with one attached hydrogen (secondary N) is 3. The van der Waals surface area contributed by atoms with Crippen LogP contribution in [0.4, 0.5) is 5.69 Å². The molecule has 6 heteroatoms. The van der Waals surface area contributed by atoms with Crippen molar-refractivity contribution in [3.63, 3.8) is 0 Å². The monoisotopic (exact) mass is 257 g/mol. The van der Waals surface area contributed by atoms with Crippen LogP contribution in [0.5, 0.6) is 0 Å². The minimum atomic E-state index is -3.44. The minimum Gasteiger partial charge on any atom is -0.316 e. The van der Waals surface area contributed by atoms with E-state index in [1.165, 1.54) is 0 Å². The molecular formula is C11H19N3O2S. The molecule has 0 amide bonds. The second kappa shape index (κ2) is 6.58. The average molecular weight is 257 g/mol. The maximum atomic E-state index is 11.5. The van der Waals surface area contributed by atoms with Crippen molar-refractivity contribution in [2.75, 3.05) is 18.3 Å².